The van der Waals surface area contributed by atoms with Crippen molar-refractivity contribution in [3.8, 4) is 17.2 Å². The maximum Gasteiger partial charge on any atom is 0.344 e. The van der Waals surface area contributed by atoms with E-state index in [4.69, 9.17) is 18.9 Å². The number of ether oxygens (including phenoxy) is 4. The van der Waals surface area contributed by atoms with Crippen LogP contribution in [0.5, 0.6) is 17.2 Å². The molecular formula is C21H23NO7. The van der Waals surface area contributed by atoms with Gasteiger partial charge in [0.2, 0.25) is 0 Å². The van der Waals surface area contributed by atoms with Crippen molar-refractivity contribution >= 4 is 23.3 Å². The predicted octanol–water partition coefficient (Wildman–Crippen LogP) is 2.86. The largest absolute Gasteiger partial charge is 0.495 e. The van der Waals surface area contributed by atoms with Gasteiger partial charge in [-0.3, -0.25) is 9.59 Å². The third kappa shape index (κ3) is 5.97. The van der Waals surface area contributed by atoms with Gasteiger partial charge in [0.05, 0.1) is 19.9 Å². The Morgan fingerprint density at radius 2 is 1.66 bits per heavy atom. The number of carbonyl (C=O) groups is 3. The number of para-hydroxylation sites is 2. The summed E-state index contributed by atoms with van der Waals surface area (Å²) in [5.74, 6) is -0.280. The monoisotopic (exact) mass is 401 g/mol. The van der Waals surface area contributed by atoms with Crippen molar-refractivity contribution in [1.29, 1.82) is 0 Å². The molecular weight excluding hydrogens is 378 g/mol. The Labute approximate surface area is 168 Å². The van der Waals surface area contributed by atoms with Crippen molar-refractivity contribution < 1.29 is 33.3 Å². The molecule has 154 valence electrons. The molecule has 29 heavy (non-hydrogen) atoms. The second kappa shape index (κ2) is 10.1. The van der Waals surface area contributed by atoms with E-state index in [0.717, 1.165) is 0 Å². The van der Waals surface area contributed by atoms with Gasteiger partial charge in [0, 0.05) is 5.56 Å². The average molecular weight is 401 g/mol. The van der Waals surface area contributed by atoms with Gasteiger partial charge in [0.15, 0.2) is 30.0 Å². The van der Waals surface area contributed by atoms with Gasteiger partial charge < -0.3 is 24.3 Å². The van der Waals surface area contributed by atoms with Gasteiger partial charge in [-0.15, -0.1) is 0 Å². The number of hydrogen-bond acceptors (Lipinski definition) is 7. The lowest BCUT2D eigenvalue weighted by molar-refractivity contribution is -0.155. The minimum Gasteiger partial charge on any atom is -0.495 e. The molecule has 0 radical (unpaired) electrons. The first kappa shape index (κ1) is 21.7. The highest BCUT2D eigenvalue weighted by Gasteiger charge is 2.20. The number of nitrogens with one attached hydrogen (secondary N) is 1. The van der Waals surface area contributed by atoms with Crippen molar-refractivity contribution in [2.75, 3.05) is 26.1 Å². The quantitative estimate of drug-likeness (QED) is 0.509. The first-order valence-electron chi connectivity index (χ1n) is 8.80. The summed E-state index contributed by atoms with van der Waals surface area (Å²) in [6.45, 7) is 2.46. The molecule has 0 spiro atoms. The minimum absolute atomic E-state index is 0.121. The van der Waals surface area contributed by atoms with Crippen LogP contribution in [0.2, 0.25) is 0 Å². The first-order chi connectivity index (χ1) is 13.8. The normalized spacial score (nSPS) is 11.2. The van der Waals surface area contributed by atoms with Gasteiger partial charge in [0.25, 0.3) is 5.91 Å². The zero-order valence-electron chi connectivity index (χ0n) is 16.7. The van der Waals surface area contributed by atoms with Crippen LogP contribution >= 0.6 is 0 Å². The summed E-state index contributed by atoms with van der Waals surface area (Å²) in [5, 5.41) is 2.64. The minimum atomic E-state index is -1.04. The zero-order chi connectivity index (χ0) is 21.4. The van der Waals surface area contributed by atoms with E-state index >= 15 is 0 Å². The number of methoxy groups -OCH3 is 2. The Morgan fingerprint density at radius 3 is 2.31 bits per heavy atom. The van der Waals surface area contributed by atoms with E-state index in [1.807, 2.05) is 0 Å². The third-order valence-corrected chi connectivity index (χ3v) is 3.96. The summed E-state index contributed by atoms with van der Waals surface area (Å²) in [4.78, 5) is 35.7. The van der Waals surface area contributed by atoms with Gasteiger partial charge in [0.1, 0.15) is 5.75 Å². The predicted molar refractivity (Wildman–Crippen MR) is 106 cm³/mol. The van der Waals surface area contributed by atoms with E-state index in [9.17, 15) is 14.4 Å². The molecule has 0 unspecified atom stereocenters. The molecule has 0 aliphatic rings. The summed E-state index contributed by atoms with van der Waals surface area (Å²) in [5.41, 5.74) is 0.924. The second-order valence-corrected chi connectivity index (χ2v) is 6.03. The van der Waals surface area contributed by atoms with E-state index in [2.05, 4.69) is 5.32 Å². The van der Waals surface area contributed by atoms with Crippen molar-refractivity contribution in [3.05, 3.63) is 48.0 Å². The lowest BCUT2D eigenvalue weighted by Crippen LogP contribution is -2.31. The van der Waals surface area contributed by atoms with Crippen LogP contribution in [0.1, 0.15) is 24.2 Å². The Hall–Kier alpha value is -3.55. The van der Waals surface area contributed by atoms with E-state index in [1.54, 1.807) is 30.3 Å². The Kier molecular flexibility index (Phi) is 7.59. The highest BCUT2D eigenvalue weighted by Crippen LogP contribution is 2.28. The molecule has 0 aliphatic heterocycles. The molecule has 2 rings (SSSR count). The number of rotatable bonds is 9. The fourth-order valence-electron chi connectivity index (χ4n) is 2.41. The maximum absolute atomic E-state index is 12.3. The molecule has 0 aromatic heterocycles. The van der Waals surface area contributed by atoms with E-state index < -0.39 is 24.6 Å². The molecule has 2 aromatic rings. The molecule has 0 aliphatic carbocycles. The van der Waals surface area contributed by atoms with Crippen LogP contribution in [0.3, 0.4) is 0 Å². The Morgan fingerprint density at radius 1 is 0.966 bits per heavy atom. The molecule has 2 aromatic carbocycles. The smallest absolute Gasteiger partial charge is 0.344 e. The number of hydrogen-bond donors (Lipinski definition) is 1. The van der Waals surface area contributed by atoms with E-state index in [0.29, 0.717) is 22.7 Å². The summed E-state index contributed by atoms with van der Waals surface area (Å²) in [6.07, 6.45) is -1.04. The molecule has 0 bridgehead atoms. The molecule has 0 heterocycles. The lowest BCUT2D eigenvalue weighted by atomic mass is 10.1. The van der Waals surface area contributed by atoms with Crippen LogP contribution in [-0.2, 0) is 14.3 Å². The number of Topliss-reactive ketones (excluding diaryl/α,β-unsaturated/α-hetero) is 1. The van der Waals surface area contributed by atoms with Gasteiger partial charge in [-0.25, -0.2) is 4.79 Å². The fraction of sp³-hybridized carbons (Fsp3) is 0.286. The van der Waals surface area contributed by atoms with Crippen molar-refractivity contribution in [3.63, 3.8) is 0 Å². The highest BCUT2D eigenvalue weighted by atomic mass is 16.6. The Bertz CT molecular complexity index is 894. The van der Waals surface area contributed by atoms with Gasteiger partial charge >= 0.3 is 5.97 Å². The first-order valence-corrected chi connectivity index (χ1v) is 8.80. The molecule has 0 fully saturated rings. The van der Waals surface area contributed by atoms with E-state index in [1.165, 1.54) is 40.2 Å². The average Bonchev–Trinajstić information content (AvgIpc) is 2.72. The van der Waals surface area contributed by atoms with Gasteiger partial charge in [-0.1, -0.05) is 12.1 Å². The molecule has 1 amide bonds. The SMILES string of the molecule is COc1ccccc1NC(=O)[C@H](C)OC(=O)COc1ccc(C(C)=O)cc1OC. The number of carbonyl (C=O) groups excluding carboxylic acids is 3. The van der Waals surface area contributed by atoms with Crippen molar-refractivity contribution in [2.24, 2.45) is 0 Å². The van der Waals surface area contributed by atoms with Gasteiger partial charge in [-0.2, -0.15) is 0 Å². The summed E-state index contributed by atoms with van der Waals surface area (Å²) >= 11 is 0. The van der Waals surface area contributed by atoms with Gasteiger partial charge in [-0.05, 0) is 44.2 Å². The number of esters is 1. The van der Waals surface area contributed by atoms with Crippen LogP contribution < -0.4 is 19.5 Å². The highest BCUT2D eigenvalue weighted by molar-refractivity contribution is 5.96. The van der Waals surface area contributed by atoms with Crippen LogP contribution in [0.4, 0.5) is 5.69 Å². The number of benzene rings is 2. The van der Waals surface area contributed by atoms with Crippen LogP contribution in [0.25, 0.3) is 0 Å². The molecule has 1 atom stereocenters. The number of anilines is 1. The standard InChI is InChI=1S/C21H23NO7/c1-13(23)15-9-10-18(19(11-15)27-4)28-12-20(24)29-14(2)21(25)22-16-7-5-6-8-17(16)26-3/h5-11,14H,12H2,1-4H3,(H,22,25)/t14-/m0/s1. The lowest BCUT2D eigenvalue weighted by Gasteiger charge is -2.16. The molecule has 1 N–H and O–H groups in total. The number of ketones is 1. The molecule has 8 heteroatoms. The summed E-state index contributed by atoms with van der Waals surface area (Å²) < 4.78 is 20.8. The van der Waals surface area contributed by atoms with Crippen LogP contribution in [-0.4, -0.2) is 44.6 Å². The molecule has 0 saturated heterocycles. The summed E-state index contributed by atoms with van der Waals surface area (Å²) in [7, 11) is 2.91. The fourth-order valence-corrected chi connectivity index (χ4v) is 2.41. The van der Waals surface area contributed by atoms with Crippen LogP contribution in [0, 0.1) is 0 Å². The van der Waals surface area contributed by atoms with E-state index in [-0.39, 0.29) is 11.5 Å². The Balaban J connectivity index is 1.91. The molecule has 0 saturated carbocycles. The molecule has 8 nitrogen and oxygen atoms in total. The summed E-state index contributed by atoms with van der Waals surface area (Å²) in [6, 6.07) is 11.5. The van der Waals surface area contributed by atoms with Crippen LogP contribution in [0.15, 0.2) is 42.5 Å². The zero-order valence-corrected chi connectivity index (χ0v) is 16.7. The number of amides is 1. The second-order valence-electron chi connectivity index (χ2n) is 6.03. The topological polar surface area (TPSA) is 100 Å². The van der Waals surface area contributed by atoms with Crippen molar-refractivity contribution in [2.45, 2.75) is 20.0 Å². The third-order valence-electron chi connectivity index (χ3n) is 3.96. The van der Waals surface area contributed by atoms with Crippen molar-refractivity contribution in [1.82, 2.24) is 0 Å². The maximum atomic E-state index is 12.3.